The summed E-state index contributed by atoms with van der Waals surface area (Å²) in [7, 11) is 0. The van der Waals surface area contributed by atoms with Gasteiger partial charge >= 0.3 is 0 Å². The summed E-state index contributed by atoms with van der Waals surface area (Å²) in [5, 5.41) is 20.1. The Morgan fingerprint density at radius 1 is 1.50 bits per heavy atom. The van der Waals surface area contributed by atoms with E-state index in [4.69, 9.17) is 0 Å². The summed E-state index contributed by atoms with van der Waals surface area (Å²) < 4.78 is 0.881. The lowest BCUT2D eigenvalue weighted by Crippen LogP contribution is -2.09. The molecular weight excluding hydrogens is 360 g/mol. The largest absolute Gasteiger partial charge is 0.507 e. The van der Waals surface area contributed by atoms with E-state index < -0.39 is 0 Å². The number of nitrogens with zero attached hydrogens (tertiary/aromatic N) is 2. The lowest BCUT2D eigenvalue weighted by atomic mass is 9.89. The summed E-state index contributed by atoms with van der Waals surface area (Å²) in [6, 6.07) is 7.51. The Kier molecular flexibility index (Phi) is 4.32. The number of aromatic hydroxyl groups is 1. The molecule has 22 heavy (non-hydrogen) atoms. The molecule has 0 radical (unpaired) electrons. The molecule has 1 aliphatic carbocycles. The summed E-state index contributed by atoms with van der Waals surface area (Å²) in [4.78, 5) is 5.76. The molecule has 1 heterocycles. The number of halogens is 1. The molecule has 5 heteroatoms. The second-order valence-corrected chi connectivity index (χ2v) is 7.60. The van der Waals surface area contributed by atoms with Crippen molar-refractivity contribution in [2.45, 2.75) is 26.2 Å². The van der Waals surface area contributed by atoms with Crippen LogP contribution in [0.1, 0.15) is 34.9 Å². The van der Waals surface area contributed by atoms with Gasteiger partial charge in [-0.1, -0.05) is 22.9 Å². The third-order valence-corrected chi connectivity index (χ3v) is 5.57. The van der Waals surface area contributed by atoms with Gasteiger partial charge in [-0.05, 0) is 48.9 Å². The molecule has 0 spiro atoms. The molecule has 3 nitrogen and oxygen atoms in total. The predicted molar refractivity (Wildman–Crippen MR) is 93.3 cm³/mol. The molecule has 0 aliphatic heterocycles. The number of phenolic OH excluding ortho intramolecular Hbond substituents is 1. The highest BCUT2D eigenvalue weighted by molar-refractivity contribution is 9.10. The maximum atomic E-state index is 9.86. The van der Waals surface area contributed by atoms with Crippen molar-refractivity contribution in [3.63, 3.8) is 0 Å². The van der Waals surface area contributed by atoms with E-state index in [1.165, 1.54) is 10.4 Å². The fourth-order valence-corrected chi connectivity index (χ4v) is 4.38. The lowest BCUT2D eigenvalue weighted by molar-refractivity contribution is 0.474. The monoisotopic (exact) mass is 374 g/mol. The highest BCUT2D eigenvalue weighted by Crippen LogP contribution is 2.40. The molecule has 0 unspecified atom stereocenters. The van der Waals surface area contributed by atoms with Gasteiger partial charge in [-0.25, -0.2) is 4.99 Å². The zero-order chi connectivity index (χ0) is 15.7. The van der Waals surface area contributed by atoms with Crippen LogP contribution in [-0.4, -0.2) is 11.3 Å². The molecule has 0 amide bonds. The number of thiophene rings is 1. The third-order valence-electron chi connectivity index (χ3n) is 3.92. The van der Waals surface area contributed by atoms with Crippen LogP contribution in [0.2, 0.25) is 0 Å². The lowest BCUT2D eigenvalue weighted by Gasteiger charge is -2.17. The summed E-state index contributed by atoms with van der Waals surface area (Å²) in [6.07, 6.45) is 4.76. The molecule has 0 saturated heterocycles. The van der Waals surface area contributed by atoms with E-state index in [0.717, 1.165) is 28.7 Å². The van der Waals surface area contributed by atoms with Gasteiger partial charge in [-0.2, -0.15) is 5.26 Å². The standard InChI is InChI=1S/C17H15BrN2OS/c1-10-2-4-13-14(8-19)17(22-16(13)6-10)20-9-11-7-12(18)3-5-15(11)21/h3,5,7,9-10,21H,2,4,6H2,1H3/t10-/m0/s1. The molecule has 3 rings (SSSR count). The molecule has 112 valence electrons. The van der Waals surface area contributed by atoms with E-state index in [1.807, 2.05) is 0 Å². The maximum absolute atomic E-state index is 9.86. The molecule has 1 atom stereocenters. The Bertz CT molecular complexity index is 789. The number of rotatable bonds is 2. The third kappa shape index (κ3) is 2.94. The number of hydrogen-bond acceptors (Lipinski definition) is 4. The SMILES string of the molecule is C[C@H]1CCc2c(sc(N=Cc3cc(Br)ccc3O)c2C#N)C1. The highest BCUT2D eigenvalue weighted by Gasteiger charge is 2.23. The van der Waals surface area contributed by atoms with E-state index in [1.54, 1.807) is 35.8 Å². The van der Waals surface area contributed by atoms with Crippen LogP contribution in [0.5, 0.6) is 5.75 Å². The van der Waals surface area contributed by atoms with Crippen molar-refractivity contribution in [3.8, 4) is 11.8 Å². The van der Waals surface area contributed by atoms with Crippen molar-refractivity contribution in [3.05, 3.63) is 44.2 Å². The molecule has 2 aromatic rings. The first kappa shape index (κ1) is 15.3. The molecule has 0 bridgehead atoms. The predicted octanol–water partition coefficient (Wildman–Crippen LogP) is 4.96. The van der Waals surface area contributed by atoms with Gasteiger partial charge in [0.2, 0.25) is 0 Å². The number of nitriles is 1. The van der Waals surface area contributed by atoms with Crippen LogP contribution in [0.25, 0.3) is 0 Å². The topological polar surface area (TPSA) is 56.4 Å². The van der Waals surface area contributed by atoms with Crippen molar-refractivity contribution >= 4 is 38.5 Å². The Balaban J connectivity index is 1.97. The van der Waals surface area contributed by atoms with Gasteiger partial charge in [0.15, 0.2) is 0 Å². The van der Waals surface area contributed by atoms with Crippen molar-refractivity contribution < 1.29 is 5.11 Å². The quantitative estimate of drug-likeness (QED) is 0.754. The second-order valence-electron chi connectivity index (χ2n) is 5.61. The Morgan fingerprint density at radius 2 is 2.32 bits per heavy atom. The van der Waals surface area contributed by atoms with Gasteiger partial charge in [0.05, 0.1) is 5.56 Å². The van der Waals surface area contributed by atoms with Gasteiger partial charge in [-0.15, -0.1) is 11.3 Å². The van der Waals surface area contributed by atoms with Crippen molar-refractivity contribution in [2.75, 3.05) is 0 Å². The maximum Gasteiger partial charge on any atom is 0.134 e. The number of fused-ring (bicyclic) bond motifs is 1. The summed E-state index contributed by atoms with van der Waals surface area (Å²) >= 11 is 4.99. The average molecular weight is 375 g/mol. The van der Waals surface area contributed by atoms with Crippen LogP contribution < -0.4 is 0 Å². The van der Waals surface area contributed by atoms with Gasteiger partial charge in [-0.3, -0.25) is 0 Å². The van der Waals surface area contributed by atoms with E-state index in [9.17, 15) is 10.4 Å². The molecule has 0 saturated carbocycles. The Labute approximate surface area is 142 Å². The van der Waals surface area contributed by atoms with Crippen molar-refractivity contribution in [1.29, 1.82) is 5.26 Å². The fraction of sp³-hybridized carbons (Fsp3) is 0.294. The first-order valence-electron chi connectivity index (χ1n) is 7.15. The summed E-state index contributed by atoms with van der Waals surface area (Å²) in [6.45, 7) is 2.25. The summed E-state index contributed by atoms with van der Waals surface area (Å²) in [5.74, 6) is 0.851. The molecule has 0 fully saturated rings. The number of aliphatic imine (C=N–C) groups is 1. The van der Waals surface area contributed by atoms with Crippen molar-refractivity contribution in [2.24, 2.45) is 10.9 Å². The van der Waals surface area contributed by atoms with Crippen molar-refractivity contribution in [1.82, 2.24) is 0 Å². The Morgan fingerprint density at radius 3 is 3.09 bits per heavy atom. The second kappa shape index (κ2) is 6.23. The average Bonchev–Trinajstić information content (AvgIpc) is 2.84. The minimum Gasteiger partial charge on any atom is -0.507 e. The first-order chi connectivity index (χ1) is 10.6. The van der Waals surface area contributed by atoms with E-state index in [2.05, 4.69) is 33.9 Å². The van der Waals surface area contributed by atoms with E-state index in [-0.39, 0.29) is 5.75 Å². The normalized spacial score (nSPS) is 17.4. The van der Waals surface area contributed by atoms with Crippen LogP contribution in [0.15, 0.2) is 27.7 Å². The molecule has 1 aliphatic rings. The zero-order valence-corrected chi connectivity index (χ0v) is 14.5. The van der Waals surface area contributed by atoms with Crippen LogP contribution in [-0.2, 0) is 12.8 Å². The van der Waals surface area contributed by atoms with Gasteiger partial charge in [0.25, 0.3) is 0 Å². The van der Waals surface area contributed by atoms with Crippen LogP contribution >= 0.6 is 27.3 Å². The van der Waals surface area contributed by atoms with Crippen LogP contribution in [0.4, 0.5) is 5.00 Å². The van der Waals surface area contributed by atoms with E-state index >= 15 is 0 Å². The number of hydrogen-bond donors (Lipinski definition) is 1. The molecule has 1 N–H and O–H groups in total. The minimum atomic E-state index is 0.181. The minimum absolute atomic E-state index is 0.181. The molecular formula is C17H15BrN2OS. The number of benzene rings is 1. The van der Waals surface area contributed by atoms with Gasteiger partial charge < -0.3 is 5.11 Å². The van der Waals surface area contributed by atoms with E-state index in [0.29, 0.717) is 17.0 Å². The van der Waals surface area contributed by atoms with Gasteiger partial charge in [0, 0.05) is 21.1 Å². The van der Waals surface area contributed by atoms with Crippen LogP contribution in [0, 0.1) is 17.2 Å². The fourth-order valence-electron chi connectivity index (χ4n) is 2.70. The zero-order valence-electron chi connectivity index (χ0n) is 12.1. The smallest absolute Gasteiger partial charge is 0.134 e. The van der Waals surface area contributed by atoms with Gasteiger partial charge in [0.1, 0.15) is 16.8 Å². The number of phenols is 1. The van der Waals surface area contributed by atoms with Crippen LogP contribution in [0.3, 0.4) is 0 Å². The molecule has 1 aromatic heterocycles. The Hall–Kier alpha value is -1.64. The molecule has 1 aromatic carbocycles. The highest BCUT2D eigenvalue weighted by atomic mass is 79.9. The summed E-state index contributed by atoms with van der Waals surface area (Å²) in [5.41, 5.74) is 2.52. The first-order valence-corrected chi connectivity index (χ1v) is 8.76.